The molecule has 1 aliphatic heterocycles. The number of amides is 1. The molecular formula is C23H24F3N5O4. The lowest BCUT2D eigenvalue weighted by Gasteiger charge is -2.26. The summed E-state index contributed by atoms with van der Waals surface area (Å²) in [4.78, 5) is 32.5. The maximum absolute atomic E-state index is 13.1. The van der Waals surface area contributed by atoms with E-state index in [0.29, 0.717) is 54.2 Å². The summed E-state index contributed by atoms with van der Waals surface area (Å²) in [7, 11) is 3.09. The molecule has 0 radical (unpaired) electrons. The van der Waals surface area contributed by atoms with Crippen LogP contribution in [0.1, 0.15) is 40.1 Å². The summed E-state index contributed by atoms with van der Waals surface area (Å²) in [5, 5.41) is 5.92. The number of ether oxygens (including phenoxy) is 2. The lowest BCUT2D eigenvalue weighted by atomic mass is 10.0. The van der Waals surface area contributed by atoms with Gasteiger partial charge >= 0.3 is 12.1 Å². The van der Waals surface area contributed by atoms with Crippen molar-refractivity contribution < 1.29 is 32.2 Å². The molecule has 1 fully saturated rings. The van der Waals surface area contributed by atoms with Crippen molar-refractivity contribution in [2.75, 3.05) is 32.1 Å². The van der Waals surface area contributed by atoms with E-state index in [-0.39, 0.29) is 18.1 Å². The van der Waals surface area contributed by atoms with Crippen molar-refractivity contribution in [1.82, 2.24) is 19.9 Å². The zero-order valence-electron chi connectivity index (χ0n) is 19.1. The number of hydrogen-bond donors (Lipinski definition) is 2. The van der Waals surface area contributed by atoms with Gasteiger partial charge in [-0.05, 0) is 24.3 Å². The van der Waals surface area contributed by atoms with E-state index < -0.39 is 23.9 Å². The number of alkyl halides is 3. The van der Waals surface area contributed by atoms with Gasteiger partial charge < -0.3 is 24.7 Å². The highest BCUT2D eigenvalue weighted by Gasteiger charge is 2.33. The van der Waals surface area contributed by atoms with E-state index in [1.165, 1.54) is 13.2 Å². The van der Waals surface area contributed by atoms with Crippen LogP contribution in [0.25, 0.3) is 11.0 Å². The first-order valence-corrected chi connectivity index (χ1v) is 10.9. The van der Waals surface area contributed by atoms with Gasteiger partial charge in [0.15, 0.2) is 0 Å². The highest BCUT2D eigenvalue weighted by atomic mass is 19.4. The van der Waals surface area contributed by atoms with Crippen LogP contribution in [0.2, 0.25) is 0 Å². The third-order valence-corrected chi connectivity index (χ3v) is 5.72. The summed E-state index contributed by atoms with van der Waals surface area (Å²) >= 11 is 0. The third kappa shape index (κ3) is 5.43. The number of aryl methyl sites for hydroxylation is 2. The van der Waals surface area contributed by atoms with Crippen LogP contribution in [0.4, 0.5) is 18.9 Å². The molecule has 186 valence electrons. The maximum Gasteiger partial charge on any atom is 0.433 e. The molecule has 2 N–H and O–H groups in total. The van der Waals surface area contributed by atoms with Gasteiger partial charge in [-0.2, -0.15) is 13.2 Å². The Morgan fingerprint density at radius 2 is 2.09 bits per heavy atom. The van der Waals surface area contributed by atoms with E-state index in [2.05, 4.69) is 20.6 Å². The Kier molecular flexibility index (Phi) is 7.03. The molecule has 2 aromatic heterocycles. The topological polar surface area (TPSA) is 107 Å². The molecule has 3 heterocycles. The summed E-state index contributed by atoms with van der Waals surface area (Å²) in [5.41, 5.74) is 0.789. The quantitative estimate of drug-likeness (QED) is 0.511. The number of pyridine rings is 1. The lowest BCUT2D eigenvalue weighted by Crippen LogP contribution is -2.34. The van der Waals surface area contributed by atoms with Crippen molar-refractivity contribution in [3.63, 3.8) is 0 Å². The van der Waals surface area contributed by atoms with Crippen LogP contribution in [0.15, 0.2) is 30.3 Å². The second kappa shape index (κ2) is 10.0. The number of benzene rings is 1. The Hall–Kier alpha value is -3.51. The zero-order valence-corrected chi connectivity index (χ0v) is 19.1. The van der Waals surface area contributed by atoms with Gasteiger partial charge in [-0.1, -0.05) is 6.07 Å². The molecule has 3 aromatic rings. The first kappa shape index (κ1) is 24.6. The lowest BCUT2D eigenvalue weighted by molar-refractivity contribution is -0.141. The minimum Gasteiger partial charge on any atom is -0.469 e. The molecule has 0 aliphatic carbocycles. The van der Waals surface area contributed by atoms with Crippen molar-refractivity contribution in [3.05, 3.63) is 53.1 Å². The molecule has 1 unspecified atom stereocenters. The number of aromatic nitrogens is 3. The largest absolute Gasteiger partial charge is 0.469 e. The zero-order chi connectivity index (χ0) is 25.2. The van der Waals surface area contributed by atoms with Crippen molar-refractivity contribution >= 4 is 28.6 Å². The number of imidazole rings is 1. The highest BCUT2D eigenvalue weighted by molar-refractivity contribution is 6.04. The van der Waals surface area contributed by atoms with E-state index in [1.54, 1.807) is 23.7 Å². The minimum atomic E-state index is -4.67. The highest BCUT2D eigenvalue weighted by Crippen LogP contribution is 2.32. The Morgan fingerprint density at radius 1 is 1.29 bits per heavy atom. The summed E-state index contributed by atoms with van der Waals surface area (Å²) in [6.07, 6.45) is -4.57. The van der Waals surface area contributed by atoms with Gasteiger partial charge in [0.1, 0.15) is 17.2 Å². The molecule has 1 saturated heterocycles. The van der Waals surface area contributed by atoms with E-state index in [0.717, 1.165) is 12.1 Å². The molecule has 4 rings (SSSR count). The maximum atomic E-state index is 13.1. The summed E-state index contributed by atoms with van der Waals surface area (Å²) in [5.74, 6) is -0.503. The monoisotopic (exact) mass is 491 g/mol. The number of hydrogen-bond acceptors (Lipinski definition) is 7. The molecular weight excluding hydrogens is 467 g/mol. The number of carbonyl (C=O) groups is 2. The first-order valence-electron chi connectivity index (χ1n) is 10.9. The number of halogens is 3. The average molecular weight is 491 g/mol. The van der Waals surface area contributed by atoms with Crippen LogP contribution in [0.3, 0.4) is 0 Å². The predicted molar refractivity (Wildman–Crippen MR) is 120 cm³/mol. The van der Waals surface area contributed by atoms with Crippen LogP contribution in [0.5, 0.6) is 0 Å². The summed E-state index contributed by atoms with van der Waals surface area (Å²) < 4.78 is 51.5. The number of nitrogens with zero attached hydrogens (tertiary/aromatic N) is 3. The minimum absolute atomic E-state index is 0.154. The number of nitrogens with one attached hydrogen (secondary N) is 2. The average Bonchev–Trinajstić information content (AvgIpc) is 3.16. The molecule has 0 spiro atoms. The van der Waals surface area contributed by atoms with Crippen LogP contribution in [-0.4, -0.2) is 53.2 Å². The number of methoxy groups -OCH3 is 1. The molecule has 1 atom stereocenters. The molecule has 35 heavy (non-hydrogen) atoms. The molecule has 9 nitrogen and oxygen atoms in total. The second-order valence-corrected chi connectivity index (χ2v) is 8.01. The number of rotatable bonds is 6. The van der Waals surface area contributed by atoms with Crippen molar-refractivity contribution in [1.29, 1.82) is 0 Å². The fourth-order valence-electron chi connectivity index (χ4n) is 3.89. The summed E-state index contributed by atoms with van der Waals surface area (Å²) in [6.45, 7) is 1.62. The number of morpholine rings is 1. The van der Waals surface area contributed by atoms with Crippen LogP contribution in [-0.2, 0) is 33.9 Å². The Labute approximate surface area is 198 Å². The molecule has 12 heteroatoms. The van der Waals surface area contributed by atoms with Gasteiger partial charge in [0.05, 0.1) is 37.3 Å². The summed E-state index contributed by atoms with van der Waals surface area (Å²) in [6, 6.07) is 6.64. The molecule has 1 aromatic carbocycles. The van der Waals surface area contributed by atoms with Crippen LogP contribution in [0, 0.1) is 0 Å². The van der Waals surface area contributed by atoms with E-state index >= 15 is 0 Å². The fourth-order valence-corrected chi connectivity index (χ4v) is 3.89. The number of carbonyl (C=O) groups excluding carboxylic acids is 2. The smallest absolute Gasteiger partial charge is 0.433 e. The van der Waals surface area contributed by atoms with Gasteiger partial charge in [0.2, 0.25) is 0 Å². The SMILES string of the molecule is COC(=O)CCc1nc2cc(C3CNCCO3)c(NC(=O)c3cccc(C(F)(F)F)n3)cc2n1C. The van der Waals surface area contributed by atoms with Gasteiger partial charge in [-0.25, -0.2) is 9.97 Å². The van der Waals surface area contributed by atoms with Crippen molar-refractivity contribution in [2.24, 2.45) is 7.05 Å². The molecule has 1 amide bonds. The van der Waals surface area contributed by atoms with E-state index in [1.807, 2.05) is 0 Å². The molecule has 1 aliphatic rings. The Bertz CT molecular complexity index is 1250. The second-order valence-electron chi connectivity index (χ2n) is 8.01. The Balaban J connectivity index is 1.71. The Morgan fingerprint density at radius 3 is 2.77 bits per heavy atom. The number of anilines is 1. The standard InChI is InChI=1S/C23H24F3N5O4/c1-31-17-11-15(30-22(33)14-4-3-5-19(28-14)23(24,25)26)13(18-12-27-8-9-35-18)10-16(17)29-20(31)6-7-21(32)34-2/h3-5,10-11,18,27H,6-9,12H2,1-2H3,(H,30,33). The number of fused-ring (bicyclic) bond motifs is 1. The van der Waals surface area contributed by atoms with E-state index in [4.69, 9.17) is 9.47 Å². The van der Waals surface area contributed by atoms with E-state index in [9.17, 15) is 22.8 Å². The molecule has 0 bridgehead atoms. The van der Waals surface area contributed by atoms with Crippen molar-refractivity contribution in [3.8, 4) is 0 Å². The van der Waals surface area contributed by atoms with Gasteiger partial charge in [-0.15, -0.1) is 0 Å². The predicted octanol–water partition coefficient (Wildman–Crippen LogP) is 3.01. The number of esters is 1. The van der Waals surface area contributed by atoms with Gasteiger partial charge in [-0.3, -0.25) is 9.59 Å². The van der Waals surface area contributed by atoms with Crippen LogP contribution < -0.4 is 10.6 Å². The normalized spacial score (nSPS) is 16.3. The molecule has 0 saturated carbocycles. The fraction of sp³-hybridized carbons (Fsp3) is 0.391. The third-order valence-electron chi connectivity index (χ3n) is 5.72. The first-order chi connectivity index (χ1) is 16.7. The van der Waals surface area contributed by atoms with Gasteiger partial charge in [0.25, 0.3) is 5.91 Å². The van der Waals surface area contributed by atoms with Crippen molar-refractivity contribution in [2.45, 2.75) is 25.1 Å². The van der Waals surface area contributed by atoms with Gasteiger partial charge in [0, 0.05) is 37.8 Å². The van der Waals surface area contributed by atoms with Crippen LogP contribution >= 0.6 is 0 Å².